The summed E-state index contributed by atoms with van der Waals surface area (Å²) in [6.07, 6.45) is 7.96. The van der Waals surface area contributed by atoms with E-state index in [1.54, 1.807) is 6.08 Å². The molecule has 1 saturated carbocycles. The zero-order chi connectivity index (χ0) is 26.4. The fraction of sp³-hybridized carbons (Fsp3) is 0.312. The van der Waals surface area contributed by atoms with Crippen molar-refractivity contribution in [1.29, 1.82) is 0 Å². The highest BCUT2D eigenvalue weighted by Gasteiger charge is 2.27. The maximum atomic E-state index is 13.8. The van der Waals surface area contributed by atoms with Gasteiger partial charge in [0.25, 0.3) is 0 Å². The molecule has 0 aliphatic heterocycles. The normalized spacial score (nSPS) is 14.0. The lowest BCUT2D eigenvalue weighted by atomic mass is 9.88. The second-order valence-corrected chi connectivity index (χ2v) is 10.1. The van der Waals surface area contributed by atoms with Crippen LogP contribution in [0.1, 0.15) is 48.8 Å². The minimum Gasteiger partial charge on any atom is -0.478 e. The van der Waals surface area contributed by atoms with Crippen LogP contribution in [0.5, 0.6) is 0 Å². The standard InChI is InChI=1S/C32H36N2O3/c1-23-9-17-30(21-28(23)16-20-31(35)36)34(32(37)27-7-5-4-6-8-27)22-24-10-12-25(13-11-24)26-14-18-29(19-15-26)33(2)3/h9-21,27H,4-8,22H2,1-3H3,(H,35,36). The number of carbonyl (C=O) groups is 2. The summed E-state index contributed by atoms with van der Waals surface area (Å²) in [6.45, 7) is 2.42. The number of benzene rings is 3. The Balaban J connectivity index is 1.61. The van der Waals surface area contributed by atoms with E-state index < -0.39 is 5.97 Å². The molecule has 0 bridgehead atoms. The van der Waals surface area contributed by atoms with Gasteiger partial charge in [-0.25, -0.2) is 4.79 Å². The van der Waals surface area contributed by atoms with Crippen molar-refractivity contribution in [1.82, 2.24) is 0 Å². The molecule has 1 aliphatic carbocycles. The van der Waals surface area contributed by atoms with Crippen LogP contribution in [0.3, 0.4) is 0 Å². The van der Waals surface area contributed by atoms with E-state index in [1.807, 2.05) is 44.1 Å². The van der Waals surface area contributed by atoms with Crippen LogP contribution in [0.15, 0.2) is 72.8 Å². The van der Waals surface area contributed by atoms with Crippen molar-refractivity contribution in [2.75, 3.05) is 23.9 Å². The Labute approximate surface area is 220 Å². The third kappa shape index (κ3) is 6.67. The van der Waals surface area contributed by atoms with E-state index in [1.165, 1.54) is 6.42 Å². The maximum Gasteiger partial charge on any atom is 0.328 e. The SMILES string of the molecule is Cc1ccc(N(Cc2ccc(-c3ccc(N(C)C)cc3)cc2)C(=O)C2CCCCC2)cc1C=CC(=O)O. The third-order valence-electron chi connectivity index (χ3n) is 7.21. The molecule has 1 N–H and O–H groups in total. The van der Waals surface area contributed by atoms with Crippen LogP contribution in [-0.2, 0) is 16.1 Å². The molecule has 3 aromatic carbocycles. The number of hydrogen-bond donors (Lipinski definition) is 1. The summed E-state index contributed by atoms with van der Waals surface area (Å²) < 4.78 is 0. The van der Waals surface area contributed by atoms with Crippen LogP contribution in [0.2, 0.25) is 0 Å². The summed E-state index contributed by atoms with van der Waals surface area (Å²) in [5.74, 6) is -0.806. The van der Waals surface area contributed by atoms with E-state index in [-0.39, 0.29) is 11.8 Å². The Bertz CT molecular complexity index is 1250. The van der Waals surface area contributed by atoms with Gasteiger partial charge in [-0.05, 0) is 77.9 Å². The summed E-state index contributed by atoms with van der Waals surface area (Å²) >= 11 is 0. The molecule has 3 aromatic rings. The minimum atomic E-state index is -0.989. The molecule has 1 fully saturated rings. The summed E-state index contributed by atoms with van der Waals surface area (Å²) in [5.41, 5.74) is 7.08. The molecule has 0 saturated heterocycles. The second-order valence-electron chi connectivity index (χ2n) is 10.1. The molecule has 37 heavy (non-hydrogen) atoms. The van der Waals surface area contributed by atoms with Crippen molar-refractivity contribution in [3.8, 4) is 11.1 Å². The molecule has 0 atom stereocenters. The molecule has 0 unspecified atom stereocenters. The van der Waals surface area contributed by atoms with Gasteiger partial charge in [-0.15, -0.1) is 0 Å². The van der Waals surface area contributed by atoms with Gasteiger partial charge < -0.3 is 14.9 Å². The molecule has 1 amide bonds. The average molecular weight is 497 g/mol. The molecular formula is C32H36N2O3. The second kappa shape index (κ2) is 11.9. The van der Waals surface area contributed by atoms with Crippen molar-refractivity contribution in [2.45, 2.75) is 45.6 Å². The van der Waals surface area contributed by atoms with Crippen molar-refractivity contribution in [3.63, 3.8) is 0 Å². The molecule has 0 spiro atoms. The van der Waals surface area contributed by atoms with Crippen LogP contribution >= 0.6 is 0 Å². The number of carboxylic acid groups (broad SMARTS) is 1. The van der Waals surface area contributed by atoms with Gasteiger partial charge in [0.1, 0.15) is 0 Å². The predicted molar refractivity (Wildman–Crippen MR) is 152 cm³/mol. The highest BCUT2D eigenvalue weighted by molar-refractivity contribution is 5.95. The Hall–Kier alpha value is -3.86. The van der Waals surface area contributed by atoms with Crippen LogP contribution < -0.4 is 9.80 Å². The molecule has 0 radical (unpaired) electrons. The maximum absolute atomic E-state index is 13.8. The van der Waals surface area contributed by atoms with Gasteiger partial charge in [-0.1, -0.05) is 61.7 Å². The fourth-order valence-corrected chi connectivity index (χ4v) is 4.94. The van der Waals surface area contributed by atoms with Gasteiger partial charge in [-0.3, -0.25) is 4.79 Å². The monoisotopic (exact) mass is 496 g/mol. The Morgan fingerprint density at radius 2 is 1.46 bits per heavy atom. The Morgan fingerprint density at radius 1 is 0.865 bits per heavy atom. The van der Waals surface area contributed by atoms with E-state index in [4.69, 9.17) is 5.11 Å². The van der Waals surface area contributed by atoms with Crippen molar-refractivity contribution >= 4 is 29.3 Å². The fourth-order valence-electron chi connectivity index (χ4n) is 4.94. The number of carbonyl (C=O) groups excluding carboxylic acids is 1. The highest BCUT2D eigenvalue weighted by atomic mass is 16.4. The van der Waals surface area contributed by atoms with Crippen molar-refractivity contribution < 1.29 is 14.7 Å². The number of hydrogen-bond acceptors (Lipinski definition) is 3. The smallest absolute Gasteiger partial charge is 0.328 e. The minimum absolute atomic E-state index is 0.0301. The number of nitrogens with zero attached hydrogens (tertiary/aromatic N) is 2. The zero-order valence-electron chi connectivity index (χ0n) is 22.0. The zero-order valence-corrected chi connectivity index (χ0v) is 22.0. The number of aryl methyl sites for hydroxylation is 1. The quantitative estimate of drug-likeness (QED) is 0.343. The lowest BCUT2D eigenvalue weighted by Gasteiger charge is -2.30. The lowest BCUT2D eigenvalue weighted by molar-refractivity contribution is -0.131. The van der Waals surface area contributed by atoms with E-state index in [9.17, 15) is 9.59 Å². The first kappa shape index (κ1) is 26.2. The summed E-state index contributed by atoms with van der Waals surface area (Å²) in [7, 11) is 4.06. The largest absolute Gasteiger partial charge is 0.478 e. The van der Waals surface area contributed by atoms with E-state index in [0.717, 1.165) is 71.0 Å². The molecule has 1 aliphatic rings. The topological polar surface area (TPSA) is 60.9 Å². The first-order valence-electron chi connectivity index (χ1n) is 13.0. The lowest BCUT2D eigenvalue weighted by Crippen LogP contribution is -2.36. The number of anilines is 2. The molecular weight excluding hydrogens is 460 g/mol. The molecule has 4 rings (SSSR count). The summed E-state index contributed by atoms with van der Waals surface area (Å²) in [6, 6.07) is 22.7. The van der Waals surface area contributed by atoms with Crippen LogP contribution in [0, 0.1) is 12.8 Å². The van der Waals surface area contributed by atoms with E-state index >= 15 is 0 Å². The first-order valence-corrected chi connectivity index (χ1v) is 13.0. The number of amides is 1. The van der Waals surface area contributed by atoms with Gasteiger partial charge in [0.15, 0.2) is 0 Å². The molecule has 5 nitrogen and oxygen atoms in total. The predicted octanol–water partition coefficient (Wildman–Crippen LogP) is 6.94. The summed E-state index contributed by atoms with van der Waals surface area (Å²) in [4.78, 5) is 28.8. The van der Waals surface area contributed by atoms with Crippen LogP contribution in [0.25, 0.3) is 17.2 Å². The van der Waals surface area contributed by atoms with E-state index in [2.05, 4.69) is 53.4 Å². The number of rotatable bonds is 8. The van der Waals surface area contributed by atoms with Crippen molar-refractivity contribution in [3.05, 3.63) is 89.5 Å². The van der Waals surface area contributed by atoms with Crippen molar-refractivity contribution in [2.24, 2.45) is 5.92 Å². The van der Waals surface area contributed by atoms with Crippen LogP contribution in [-0.4, -0.2) is 31.1 Å². The molecule has 5 heteroatoms. The van der Waals surface area contributed by atoms with Gasteiger partial charge in [0.2, 0.25) is 5.91 Å². The van der Waals surface area contributed by atoms with Gasteiger partial charge in [0.05, 0.1) is 6.54 Å². The van der Waals surface area contributed by atoms with Gasteiger partial charge >= 0.3 is 5.97 Å². The first-order chi connectivity index (χ1) is 17.8. The number of aliphatic carboxylic acids is 1. The highest BCUT2D eigenvalue weighted by Crippen LogP contribution is 2.31. The molecule has 0 aromatic heterocycles. The van der Waals surface area contributed by atoms with Gasteiger partial charge in [0, 0.05) is 37.5 Å². The Kier molecular flexibility index (Phi) is 8.44. The van der Waals surface area contributed by atoms with E-state index in [0.29, 0.717) is 6.54 Å². The Morgan fingerprint density at radius 3 is 2.05 bits per heavy atom. The number of carboxylic acids is 1. The van der Waals surface area contributed by atoms with Crippen LogP contribution in [0.4, 0.5) is 11.4 Å². The molecule has 0 heterocycles. The summed E-state index contributed by atoms with van der Waals surface area (Å²) in [5, 5.41) is 9.09. The third-order valence-corrected chi connectivity index (χ3v) is 7.21. The molecule has 192 valence electrons. The average Bonchev–Trinajstić information content (AvgIpc) is 2.92. The van der Waals surface area contributed by atoms with Gasteiger partial charge in [-0.2, -0.15) is 0 Å².